The van der Waals surface area contributed by atoms with Crippen molar-refractivity contribution in [1.29, 1.82) is 0 Å². The summed E-state index contributed by atoms with van der Waals surface area (Å²) in [5, 5.41) is 7.44. The number of fused-ring (bicyclic) bond motifs is 4. The Kier molecular flexibility index (Phi) is 8.24. The van der Waals surface area contributed by atoms with Gasteiger partial charge in [0.25, 0.3) is 0 Å². The van der Waals surface area contributed by atoms with Gasteiger partial charge in [0.2, 0.25) is 0 Å². The zero-order valence-corrected chi connectivity index (χ0v) is 30.3. The molecule has 0 saturated heterocycles. The lowest BCUT2D eigenvalue weighted by atomic mass is 9.87. The van der Waals surface area contributed by atoms with Gasteiger partial charge in [-0.3, -0.25) is 0 Å². The van der Waals surface area contributed by atoms with E-state index in [1.807, 2.05) is 0 Å². The predicted molar refractivity (Wildman–Crippen MR) is 235 cm³/mol. The molecule has 1 nitrogen and oxygen atoms in total. The first-order chi connectivity index (χ1) is 27.3. The average Bonchev–Trinajstić information content (AvgIpc) is 3.27. The van der Waals surface area contributed by atoms with E-state index in [1.165, 1.54) is 76.8 Å². The highest BCUT2D eigenvalue weighted by molar-refractivity contribution is 6.16. The molecule has 0 radical (unpaired) electrons. The van der Waals surface area contributed by atoms with Crippen molar-refractivity contribution in [1.82, 2.24) is 0 Å². The third-order valence-corrected chi connectivity index (χ3v) is 10.8. The highest BCUT2D eigenvalue weighted by Crippen LogP contribution is 2.48. The average molecular weight is 700 g/mol. The molecular formula is C54H37N. The minimum Gasteiger partial charge on any atom is -0.310 e. The van der Waals surface area contributed by atoms with Gasteiger partial charge in [0.15, 0.2) is 0 Å². The van der Waals surface area contributed by atoms with Gasteiger partial charge in [0, 0.05) is 16.9 Å². The number of hydrogen-bond donors (Lipinski definition) is 0. The fourth-order valence-electron chi connectivity index (χ4n) is 8.19. The van der Waals surface area contributed by atoms with Gasteiger partial charge in [-0.15, -0.1) is 0 Å². The van der Waals surface area contributed by atoms with Gasteiger partial charge in [-0.25, -0.2) is 0 Å². The first-order valence-corrected chi connectivity index (χ1v) is 18.9. The minimum atomic E-state index is 1.09. The van der Waals surface area contributed by atoms with E-state index in [0.717, 1.165) is 17.1 Å². The van der Waals surface area contributed by atoms with Crippen molar-refractivity contribution in [2.75, 3.05) is 4.90 Å². The van der Waals surface area contributed by atoms with Crippen LogP contribution < -0.4 is 4.90 Å². The summed E-state index contributed by atoms with van der Waals surface area (Å²) >= 11 is 0. The second-order valence-electron chi connectivity index (χ2n) is 14.1. The Labute approximate surface area is 322 Å². The van der Waals surface area contributed by atoms with Crippen LogP contribution in [0, 0.1) is 0 Å². The maximum atomic E-state index is 2.44. The molecule has 1 heteroatoms. The lowest BCUT2D eigenvalue weighted by Crippen LogP contribution is -2.12. The van der Waals surface area contributed by atoms with Crippen LogP contribution in [0.3, 0.4) is 0 Å². The zero-order chi connectivity index (χ0) is 36.6. The second-order valence-corrected chi connectivity index (χ2v) is 14.1. The van der Waals surface area contributed by atoms with Crippen molar-refractivity contribution >= 4 is 49.4 Å². The third kappa shape index (κ3) is 6.02. The van der Waals surface area contributed by atoms with E-state index in [0.29, 0.717) is 0 Å². The van der Waals surface area contributed by atoms with Gasteiger partial charge in [-0.05, 0) is 114 Å². The molecule has 10 aromatic carbocycles. The molecule has 0 fully saturated rings. The maximum absolute atomic E-state index is 2.44. The van der Waals surface area contributed by atoms with Crippen molar-refractivity contribution in [3.63, 3.8) is 0 Å². The van der Waals surface area contributed by atoms with E-state index >= 15 is 0 Å². The monoisotopic (exact) mass is 699 g/mol. The molecule has 0 spiro atoms. The number of benzene rings is 10. The Hall–Kier alpha value is -7.22. The van der Waals surface area contributed by atoms with Crippen LogP contribution in [0.15, 0.2) is 224 Å². The highest BCUT2D eigenvalue weighted by Gasteiger charge is 2.23. The summed E-state index contributed by atoms with van der Waals surface area (Å²) in [6, 6.07) is 81.6. The van der Waals surface area contributed by atoms with Crippen LogP contribution >= 0.6 is 0 Å². The molecule has 0 unspecified atom stereocenters. The van der Waals surface area contributed by atoms with Gasteiger partial charge < -0.3 is 4.90 Å². The van der Waals surface area contributed by atoms with Crippen LogP contribution in [0.25, 0.3) is 76.8 Å². The van der Waals surface area contributed by atoms with Crippen LogP contribution in [-0.2, 0) is 0 Å². The van der Waals surface area contributed by atoms with E-state index in [1.54, 1.807) is 0 Å². The second kappa shape index (κ2) is 14.0. The molecule has 10 aromatic rings. The first-order valence-electron chi connectivity index (χ1n) is 18.9. The molecule has 0 atom stereocenters. The van der Waals surface area contributed by atoms with Crippen molar-refractivity contribution in [2.45, 2.75) is 0 Å². The van der Waals surface area contributed by atoms with Gasteiger partial charge in [-0.2, -0.15) is 0 Å². The molecule has 0 N–H and O–H groups in total. The van der Waals surface area contributed by atoms with Crippen molar-refractivity contribution in [3.8, 4) is 44.5 Å². The van der Waals surface area contributed by atoms with E-state index in [4.69, 9.17) is 0 Å². The molecule has 0 aliphatic rings. The Balaban J connectivity index is 1.27. The lowest BCUT2D eigenvalue weighted by molar-refractivity contribution is 1.28. The first kappa shape index (κ1) is 32.4. The molecule has 0 amide bonds. The predicted octanol–water partition coefficient (Wildman–Crippen LogP) is 15.3. The summed E-state index contributed by atoms with van der Waals surface area (Å²) in [7, 11) is 0. The van der Waals surface area contributed by atoms with E-state index in [-0.39, 0.29) is 0 Å². The van der Waals surface area contributed by atoms with E-state index in [2.05, 4.69) is 229 Å². The third-order valence-electron chi connectivity index (χ3n) is 10.8. The summed E-state index contributed by atoms with van der Waals surface area (Å²) < 4.78 is 0. The molecule has 0 aliphatic heterocycles. The van der Waals surface area contributed by atoms with Crippen molar-refractivity contribution < 1.29 is 0 Å². The summed E-state index contributed by atoms with van der Waals surface area (Å²) in [6.07, 6.45) is 0. The van der Waals surface area contributed by atoms with Gasteiger partial charge in [0.1, 0.15) is 0 Å². The lowest BCUT2D eigenvalue weighted by Gasteiger charge is -2.30. The molecule has 0 heterocycles. The fraction of sp³-hybridized carbons (Fsp3) is 0. The van der Waals surface area contributed by atoms with Crippen LogP contribution in [0.5, 0.6) is 0 Å². The molecule has 0 aliphatic carbocycles. The quantitative estimate of drug-likeness (QED) is 0.150. The largest absolute Gasteiger partial charge is 0.310 e. The number of nitrogens with zero attached hydrogens (tertiary/aromatic N) is 1. The Morgan fingerprint density at radius 1 is 0.255 bits per heavy atom. The summed E-state index contributed by atoms with van der Waals surface area (Å²) in [5.41, 5.74) is 12.8. The summed E-state index contributed by atoms with van der Waals surface area (Å²) in [5.74, 6) is 0. The SMILES string of the molecule is c1ccc(-c2ccc(N(c3cccc(-c4ccccc4)c3)c3cccc(-c4cc5ccccc5c5ccccc45)c3-c3ccc4ccccc4c3)cc2)cc1. The van der Waals surface area contributed by atoms with Crippen molar-refractivity contribution in [3.05, 3.63) is 224 Å². The van der Waals surface area contributed by atoms with Crippen LogP contribution in [0.1, 0.15) is 0 Å². The fourth-order valence-corrected chi connectivity index (χ4v) is 8.19. The van der Waals surface area contributed by atoms with Crippen LogP contribution in [-0.4, -0.2) is 0 Å². The number of anilines is 3. The normalized spacial score (nSPS) is 11.3. The molecule has 0 bridgehead atoms. The zero-order valence-electron chi connectivity index (χ0n) is 30.3. The molecule has 10 rings (SSSR count). The standard InChI is InChI=1S/C54H37N/c1-3-15-38(16-4-1)41-31-33-46(34-32-41)55(47-23-13-22-43(36-47)39-17-5-2-6-18-39)53-28-14-27-51(54(53)45-30-29-40-19-7-8-20-42(40)35-45)52-37-44-21-9-10-24-48(44)49-25-11-12-26-50(49)52/h1-37H. The Morgan fingerprint density at radius 2 is 0.818 bits per heavy atom. The molecule has 0 aromatic heterocycles. The van der Waals surface area contributed by atoms with E-state index in [9.17, 15) is 0 Å². The maximum Gasteiger partial charge on any atom is 0.0546 e. The molecule has 0 saturated carbocycles. The number of hydrogen-bond acceptors (Lipinski definition) is 1. The smallest absolute Gasteiger partial charge is 0.0546 e. The van der Waals surface area contributed by atoms with Crippen LogP contribution in [0.2, 0.25) is 0 Å². The van der Waals surface area contributed by atoms with E-state index < -0.39 is 0 Å². The van der Waals surface area contributed by atoms with Crippen molar-refractivity contribution in [2.24, 2.45) is 0 Å². The summed E-state index contributed by atoms with van der Waals surface area (Å²) in [6.45, 7) is 0. The minimum absolute atomic E-state index is 1.09. The number of rotatable bonds is 7. The topological polar surface area (TPSA) is 3.24 Å². The molecular weight excluding hydrogens is 663 g/mol. The molecule has 258 valence electrons. The van der Waals surface area contributed by atoms with Gasteiger partial charge >= 0.3 is 0 Å². The van der Waals surface area contributed by atoms with Gasteiger partial charge in [0.05, 0.1) is 5.69 Å². The summed E-state index contributed by atoms with van der Waals surface area (Å²) in [4.78, 5) is 2.44. The Morgan fingerprint density at radius 3 is 1.58 bits per heavy atom. The highest BCUT2D eigenvalue weighted by atomic mass is 15.1. The van der Waals surface area contributed by atoms with Crippen LogP contribution in [0.4, 0.5) is 17.1 Å². The molecule has 55 heavy (non-hydrogen) atoms. The Bertz CT molecular complexity index is 2960. The van der Waals surface area contributed by atoms with Gasteiger partial charge in [-0.1, -0.05) is 182 Å².